The van der Waals surface area contributed by atoms with Gasteiger partial charge in [0.05, 0.1) is 0 Å². The first-order valence-corrected chi connectivity index (χ1v) is 3.39. The highest BCUT2D eigenvalue weighted by atomic mass is 16.2. The molecule has 0 aromatic heterocycles. The lowest BCUT2D eigenvalue weighted by Crippen LogP contribution is -2.58. The van der Waals surface area contributed by atoms with Crippen molar-refractivity contribution in [2.45, 2.75) is 12.7 Å². The van der Waals surface area contributed by atoms with E-state index in [2.05, 4.69) is 10.6 Å². The fourth-order valence-corrected chi connectivity index (χ4v) is 0.910. The van der Waals surface area contributed by atoms with Gasteiger partial charge in [0.2, 0.25) is 5.91 Å². The van der Waals surface area contributed by atoms with Crippen LogP contribution in [0.1, 0.15) is 6.42 Å². The summed E-state index contributed by atoms with van der Waals surface area (Å²) in [6.45, 7) is 0.772. The van der Waals surface area contributed by atoms with Crippen LogP contribution in [-0.4, -0.2) is 37.7 Å². The van der Waals surface area contributed by atoms with Gasteiger partial charge in [-0.3, -0.25) is 15.0 Å². The van der Waals surface area contributed by atoms with Crippen LogP contribution in [0.3, 0.4) is 0 Å². The van der Waals surface area contributed by atoms with E-state index in [9.17, 15) is 4.79 Å². The summed E-state index contributed by atoms with van der Waals surface area (Å²) >= 11 is 0. The molecule has 0 aromatic carbocycles. The third kappa shape index (κ3) is 1.68. The normalized spacial score (nSPS) is 26.7. The van der Waals surface area contributed by atoms with E-state index in [4.69, 9.17) is 0 Å². The first kappa shape index (κ1) is 7.50. The minimum atomic E-state index is 0.0150. The molecule has 1 amide bonds. The van der Waals surface area contributed by atoms with Crippen LogP contribution in [0.15, 0.2) is 0 Å². The lowest BCUT2D eigenvalue weighted by Gasteiger charge is -2.29. The summed E-state index contributed by atoms with van der Waals surface area (Å²) in [5.41, 5.74) is 0. The van der Waals surface area contributed by atoms with Crippen molar-refractivity contribution in [3.05, 3.63) is 0 Å². The predicted molar refractivity (Wildman–Crippen MR) is 38.2 cm³/mol. The molecule has 4 nitrogen and oxygen atoms in total. The standard InChI is InChI=1S/C6H13N3O/c1-9(2)6-7-4-3-5(10)8-6/h6-7H,3-4H2,1-2H3,(H,8,10). The number of rotatable bonds is 1. The fourth-order valence-electron chi connectivity index (χ4n) is 0.910. The van der Waals surface area contributed by atoms with Gasteiger partial charge in [0.25, 0.3) is 0 Å². The molecule has 1 unspecified atom stereocenters. The molecule has 0 aromatic rings. The highest BCUT2D eigenvalue weighted by Crippen LogP contribution is 1.92. The molecular weight excluding hydrogens is 130 g/mol. The van der Waals surface area contributed by atoms with Crippen LogP contribution in [-0.2, 0) is 4.79 Å². The molecule has 0 bridgehead atoms. The van der Waals surface area contributed by atoms with E-state index in [0.717, 1.165) is 6.54 Å². The lowest BCUT2D eigenvalue weighted by atomic mass is 10.3. The van der Waals surface area contributed by atoms with Gasteiger partial charge in [-0.1, -0.05) is 0 Å². The zero-order chi connectivity index (χ0) is 7.56. The first-order chi connectivity index (χ1) is 4.70. The van der Waals surface area contributed by atoms with E-state index in [1.165, 1.54) is 0 Å². The maximum atomic E-state index is 10.8. The van der Waals surface area contributed by atoms with Crippen molar-refractivity contribution in [1.29, 1.82) is 0 Å². The van der Waals surface area contributed by atoms with Gasteiger partial charge in [-0.25, -0.2) is 0 Å². The van der Waals surface area contributed by atoms with Crippen molar-refractivity contribution < 1.29 is 4.79 Å². The van der Waals surface area contributed by atoms with Crippen molar-refractivity contribution in [2.75, 3.05) is 20.6 Å². The number of amides is 1. The predicted octanol–water partition coefficient (Wildman–Crippen LogP) is -1.06. The summed E-state index contributed by atoms with van der Waals surface area (Å²) in [4.78, 5) is 12.7. The minimum Gasteiger partial charge on any atom is -0.328 e. The maximum absolute atomic E-state index is 10.8. The molecule has 0 spiro atoms. The van der Waals surface area contributed by atoms with Gasteiger partial charge < -0.3 is 5.32 Å². The molecule has 0 saturated carbocycles. The van der Waals surface area contributed by atoms with Crippen LogP contribution < -0.4 is 10.6 Å². The second-order valence-electron chi connectivity index (χ2n) is 2.64. The van der Waals surface area contributed by atoms with Crippen molar-refractivity contribution >= 4 is 5.91 Å². The molecule has 1 rings (SSSR count). The second-order valence-corrected chi connectivity index (χ2v) is 2.64. The van der Waals surface area contributed by atoms with Gasteiger partial charge in [0, 0.05) is 13.0 Å². The Bertz CT molecular complexity index is 135. The summed E-state index contributed by atoms with van der Waals surface area (Å²) in [6, 6.07) is 0. The number of nitrogens with one attached hydrogen (secondary N) is 2. The Morgan fingerprint density at radius 1 is 1.60 bits per heavy atom. The maximum Gasteiger partial charge on any atom is 0.223 e. The molecule has 2 N–H and O–H groups in total. The quantitative estimate of drug-likeness (QED) is 0.492. The molecule has 1 atom stereocenters. The molecule has 0 aliphatic carbocycles. The molecule has 10 heavy (non-hydrogen) atoms. The van der Waals surface area contributed by atoms with Crippen molar-refractivity contribution in [2.24, 2.45) is 0 Å². The Morgan fingerprint density at radius 2 is 2.30 bits per heavy atom. The van der Waals surface area contributed by atoms with E-state index >= 15 is 0 Å². The van der Waals surface area contributed by atoms with Crippen LogP contribution >= 0.6 is 0 Å². The van der Waals surface area contributed by atoms with Gasteiger partial charge in [-0.15, -0.1) is 0 Å². The van der Waals surface area contributed by atoms with Crippen molar-refractivity contribution in [1.82, 2.24) is 15.5 Å². The van der Waals surface area contributed by atoms with E-state index < -0.39 is 0 Å². The number of hydrogen-bond donors (Lipinski definition) is 2. The highest BCUT2D eigenvalue weighted by Gasteiger charge is 2.17. The molecular formula is C6H13N3O. The monoisotopic (exact) mass is 143 g/mol. The topological polar surface area (TPSA) is 44.4 Å². The van der Waals surface area contributed by atoms with Gasteiger partial charge >= 0.3 is 0 Å². The Balaban J connectivity index is 2.39. The molecule has 0 radical (unpaired) electrons. The third-order valence-corrected chi connectivity index (χ3v) is 1.50. The summed E-state index contributed by atoms with van der Waals surface area (Å²) in [5.74, 6) is 0.123. The highest BCUT2D eigenvalue weighted by molar-refractivity contribution is 5.77. The van der Waals surface area contributed by atoms with E-state index in [-0.39, 0.29) is 12.2 Å². The average Bonchev–Trinajstić information content (AvgIpc) is 1.88. The molecule has 1 aliphatic rings. The zero-order valence-corrected chi connectivity index (χ0v) is 6.35. The van der Waals surface area contributed by atoms with Gasteiger partial charge in [-0.2, -0.15) is 0 Å². The molecule has 1 heterocycles. The number of hydrogen-bond acceptors (Lipinski definition) is 3. The van der Waals surface area contributed by atoms with E-state index in [0.29, 0.717) is 6.42 Å². The number of carbonyl (C=O) groups is 1. The largest absolute Gasteiger partial charge is 0.328 e. The summed E-state index contributed by atoms with van der Waals surface area (Å²) < 4.78 is 0. The minimum absolute atomic E-state index is 0.0150. The van der Waals surface area contributed by atoms with Crippen LogP contribution in [0.5, 0.6) is 0 Å². The lowest BCUT2D eigenvalue weighted by molar-refractivity contribution is -0.125. The Labute approximate surface area is 60.6 Å². The van der Waals surface area contributed by atoms with Crippen molar-refractivity contribution in [3.8, 4) is 0 Å². The Morgan fingerprint density at radius 3 is 2.70 bits per heavy atom. The van der Waals surface area contributed by atoms with Gasteiger partial charge in [-0.05, 0) is 14.1 Å². The number of carbonyl (C=O) groups excluding carboxylic acids is 1. The fraction of sp³-hybridized carbons (Fsp3) is 0.833. The van der Waals surface area contributed by atoms with Gasteiger partial charge in [0.1, 0.15) is 6.29 Å². The van der Waals surface area contributed by atoms with E-state index in [1.807, 2.05) is 19.0 Å². The third-order valence-electron chi connectivity index (χ3n) is 1.50. The Kier molecular flexibility index (Phi) is 2.24. The van der Waals surface area contributed by atoms with Gasteiger partial charge in [0.15, 0.2) is 0 Å². The summed E-state index contributed by atoms with van der Waals surface area (Å²) in [5, 5.41) is 5.93. The second kappa shape index (κ2) is 2.98. The Hall–Kier alpha value is -0.610. The molecule has 58 valence electrons. The average molecular weight is 143 g/mol. The number of nitrogens with zero attached hydrogens (tertiary/aromatic N) is 1. The smallest absolute Gasteiger partial charge is 0.223 e. The molecule has 1 aliphatic heterocycles. The van der Waals surface area contributed by atoms with Crippen LogP contribution in [0.2, 0.25) is 0 Å². The molecule has 1 fully saturated rings. The molecule has 1 saturated heterocycles. The van der Waals surface area contributed by atoms with E-state index in [1.54, 1.807) is 0 Å². The first-order valence-electron chi connectivity index (χ1n) is 3.39. The van der Waals surface area contributed by atoms with Crippen LogP contribution in [0, 0.1) is 0 Å². The van der Waals surface area contributed by atoms with Crippen LogP contribution in [0.4, 0.5) is 0 Å². The summed E-state index contributed by atoms with van der Waals surface area (Å²) in [7, 11) is 3.84. The van der Waals surface area contributed by atoms with Crippen molar-refractivity contribution in [3.63, 3.8) is 0 Å². The molecule has 4 heteroatoms. The summed E-state index contributed by atoms with van der Waals surface area (Å²) in [6.07, 6.45) is 0.603. The zero-order valence-electron chi connectivity index (χ0n) is 6.35. The SMILES string of the molecule is CN(C)C1NCCC(=O)N1. The van der Waals surface area contributed by atoms with Crippen LogP contribution in [0.25, 0.3) is 0 Å².